The van der Waals surface area contributed by atoms with E-state index in [4.69, 9.17) is 9.84 Å². The number of carbonyl (C=O) groups excluding carboxylic acids is 1. The summed E-state index contributed by atoms with van der Waals surface area (Å²) < 4.78 is 5.87. The molecule has 2 rings (SSSR count). The standard InChI is InChI=1S/C12H12N4O6/c1-16-9-5(3-14-12(15-9)22-2)8(19)7(11(16)21)10(20)13-4-6(17)18/h3,19H,4H2,1-2H3,(H,13,20)(H,17,18). The minimum absolute atomic E-state index is 0.00928. The van der Waals surface area contributed by atoms with E-state index in [2.05, 4.69) is 9.97 Å². The first kappa shape index (κ1) is 15.2. The third kappa shape index (κ3) is 2.53. The van der Waals surface area contributed by atoms with Crippen LogP contribution in [0.2, 0.25) is 0 Å². The molecule has 0 fully saturated rings. The summed E-state index contributed by atoms with van der Waals surface area (Å²) in [5.74, 6) is -2.90. The molecule has 0 aromatic carbocycles. The molecule has 0 radical (unpaired) electrons. The molecule has 0 unspecified atom stereocenters. The lowest BCUT2D eigenvalue weighted by molar-refractivity contribution is -0.135. The van der Waals surface area contributed by atoms with Gasteiger partial charge in [0, 0.05) is 13.2 Å². The van der Waals surface area contributed by atoms with E-state index in [-0.39, 0.29) is 17.0 Å². The number of pyridine rings is 1. The average Bonchev–Trinajstić information content (AvgIpc) is 2.50. The Hall–Kier alpha value is -3.17. The predicted molar refractivity (Wildman–Crippen MR) is 73.0 cm³/mol. The van der Waals surface area contributed by atoms with Gasteiger partial charge in [0.25, 0.3) is 11.5 Å². The van der Waals surface area contributed by atoms with E-state index in [1.165, 1.54) is 20.4 Å². The second-order valence-electron chi connectivity index (χ2n) is 4.26. The van der Waals surface area contributed by atoms with Gasteiger partial charge in [-0.1, -0.05) is 0 Å². The maximum atomic E-state index is 12.2. The largest absolute Gasteiger partial charge is 0.506 e. The van der Waals surface area contributed by atoms with Gasteiger partial charge in [0.1, 0.15) is 17.9 Å². The fraction of sp³-hybridized carbons (Fsp3) is 0.250. The summed E-state index contributed by atoms with van der Waals surface area (Å²) in [5.41, 5.74) is -1.33. The third-order valence-electron chi connectivity index (χ3n) is 2.88. The first-order valence-electron chi connectivity index (χ1n) is 5.99. The number of aromatic hydroxyl groups is 1. The van der Waals surface area contributed by atoms with Gasteiger partial charge in [-0.15, -0.1) is 0 Å². The number of nitrogens with zero attached hydrogens (tertiary/aromatic N) is 3. The molecule has 2 heterocycles. The molecule has 3 N–H and O–H groups in total. The van der Waals surface area contributed by atoms with Gasteiger partial charge in [-0.25, -0.2) is 4.98 Å². The molecule has 0 spiro atoms. The number of carboxylic acids is 1. The second kappa shape index (κ2) is 5.68. The number of aliphatic carboxylic acids is 1. The Bertz CT molecular complexity index is 828. The van der Waals surface area contributed by atoms with Crippen molar-refractivity contribution in [3.63, 3.8) is 0 Å². The highest BCUT2D eigenvalue weighted by atomic mass is 16.5. The summed E-state index contributed by atoms with van der Waals surface area (Å²) in [4.78, 5) is 42.3. The molecule has 0 aliphatic rings. The summed E-state index contributed by atoms with van der Waals surface area (Å²) in [6.45, 7) is -0.682. The monoisotopic (exact) mass is 308 g/mol. The van der Waals surface area contributed by atoms with Gasteiger partial charge in [0.05, 0.1) is 12.5 Å². The molecule has 116 valence electrons. The lowest BCUT2D eigenvalue weighted by Crippen LogP contribution is -2.35. The molecule has 10 heteroatoms. The van der Waals surface area contributed by atoms with Crippen molar-refractivity contribution in [2.24, 2.45) is 7.05 Å². The van der Waals surface area contributed by atoms with E-state index in [0.29, 0.717) is 0 Å². The van der Waals surface area contributed by atoms with Gasteiger partial charge in [-0.3, -0.25) is 19.0 Å². The van der Waals surface area contributed by atoms with Crippen molar-refractivity contribution >= 4 is 22.9 Å². The molecule has 0 atom stereocenters. The minimum atomic E-state index is -1.28. The van der Waals surface area contributed by atoms with Crippen LogP contribution in [0, 0.1) is 0 Å². The number of rotatable bonds is 4. The van der Waals surface area contributed by atoms with Crippen LogP contribution in [0.5, 0.6) is 11.8 Å². The number of nitrogens with one attached hydrogen (secondary N) is 1. The molecular weight excluding hydrogens is 296 g/mol. The van der Waals surface area contributed by atoms with Gasteiger partial charge in [-0.2, -0.15) is 4.98 Å². The summed E-state index contributed by atoms with van der Waals surface area (Å²) in [6.07, 6.45) is 1.20. The summed E-state index contributed by atoms with van der Waals surface area (Å²) in [7, 11) is 2.69. The van der Waals surface area contributed by atoms with E-state index >= 15 is 0 Å². The first-order valence-corrected chi connectivity index (χ1v) is 5.99. The topological polar surface area (TPSA) is 144 Å². The highest BCUT2D eigenvalue weighted by molar-refractivity contribution is 6.02. The number of aromatic nitrogens is 3. The predicted octanol–water partition coefficient (Wildman–Crippen LogP) is -1.14. The van der Waals surface area contributed by atoms with Crippen molar-refractivity contribution in [2.45, 2.75) is 0 Å². The molecule has 0 saturated carbocycles. The second-order valence-corrected chi connectivity index (χ2v) is 4.26. The number of methoxy groups -OCH3 is 1. The van der Waals surface area contributed by atoms with Gasteiger partial charge in [0.15, 0.2) is 5.65 Å². The lowest BCUT2D eigenvalue weighted by atomic mass is 10.2. The van der Waals surface area contributed by atoms with Gasteiger partial charge in [-0.05, 0) is 0 Å². The van der Waals surface area contributed by atoms with E-state index in [9.17, 15) is 19.5 Å². The Morgan fingerprint density at radius 3 is 2.73 bits per heavy atom. The maximum Gasteiger partial charge on any atom is 0.322 e. The molecular formula is C12H12N4O6. The number of carbonyl (C=O) groups is 2. The molecule has 0 saturated heterocycles. The van der Waals surface area contributed by atoms with Crippen LogP contribution in [0.15, 0.2) is 11.0 Å². The molecule has 0 aliphatic carbocycles. The minimum Gasteiger partial charge on any atom is -0.506 e. The maximum absolute atomic E-state index is 12.2. The molecule has 0 bridgehead atoms. The van der Waals surface area contributed by atoms with Crippen LogP contribution in [-0.2, 0) is 11.8 Å². The fourth-order valence-electron chi connectivity index (χ4n) is 1.83. The highest BCUT2D eigenvalue weighted by Crippen LogP contribution is 2.25. The number of ether oxygens (including phenoxy) is 1. The van der Waals surface area contributed by atoms with Crippen molar-refractivity contribution in [1.29, 1.82) is 0 Å². The number of hydrogen-bond donors (Lipinski definition) is 3. The normalized spacial score (nSPS) is 10.5. The van der Waals surface area contributed by atoms with Crippen LogP contribution in [0.1, 0.15) is 10.4 Å². The summed E-state index contributed by atoms with van der Waals surface area (Å²) >= 11 is 0. The molecule has 0 aliphatic heterocycles. The van der Waals surface area contributed by atoms with Gasteiger partial charge in [0.2, 0.25) is 0 Å². The smallest absolute Gasteiger partial charge is 0.322 e. The zero-order chi connectivity index (χ0) is 16.4. The molecule has 1 amide bonds. The molecule has 22 heavy (non-hydrogen) atoms. The highest BCUT2D eigenvalue weighted by Gasteiger charge is 2.22. The van der Waals surface area contributed by atoms with Gasteiger partial charge < -0.3 is 20.3 Å². The Kier molecular flexibility index (Phi) is 3.93. The third-order valence-corrected chi connectivity index (χ3v) is 2.88. The average molecular weight is 308 g/mol. The first-order chi connectivity index (χ1) is 10.4. The van der Waals surface area contributed by atoms with Crippen molar-refractivity contribution in [2.75, 3.05) is 13.7 Å². The number of aryl methyl sites for hydroxylation is 1. The molecule has 2 aromatic rings. The quantitative estimate of drug-likeness (QED) is 0.642. The Morgan fingerprint density at radius 2 is 2.14 bits per heavy atom. The van der Waals surface area contributed by atoms with E-state index in [0.717, 1.165) is 4.57 Å². The van der Waals surface area contributed by atoms with Crippen molar-refractivity contribution in [3.8, 4) is 11.8 Å². The van der Waals surface area contributed by atoms with E-state index in [1.54, 1.807) is 0 Å². The van der Waals surface area contributed by atoms with Crippen LogP contribution >= 0.6 is 0 Å². The summed E-state index contributed by atoms with van der Waals surface area (Å²) in [5, 5.41) is 20.7. The number of amides is 1. The zero-order valence-electron chi connectivity index (χ0n) is 11.7. The van der Waals surface area contributed by atoms with Crippen molar-refractivity contribution < 1.29 is 24.5 Å². The van der Waals surface area contributed by atoms with Crippen LogP contribution in [0.3, 0.4) is 0 Å². The number of carboxylic acid groups (broad SMARTS) is 1. The van der Waals surface area contributed by atoms with Crippen molar-refractivity contribution in [3.05, 3.63) is 22.1 Å². The molecule has 2 aromatic heterocycles. The zero-order valence-corrected chi connectivity index (χ0v) is 11.7. The van der Waals surface area contributed by atoms with Crippen LogP contribution in [0.4, 0.5) is 0 Å². The Morgan fingerprint density at radius 1 is 1.45 bits per heavy atom. The van der Waals surface area contributed by atoms with Gasteiger partial charge >= 0.3 is 12.0 Å². The van der Waals surface area contributed by atoms with E-state index < -0.39 is 35.3 Å². The Labute approximate surface area is 123 Å². The van der Waals surface area contributed by atoms with Crippen LogP contribution in [0.25, 0.3) is 11.0 Å². The lowest BCUT2D eigenvalue weighted by Gasteiger charge is -2.11. The molecule has 10 nitrogen and oxygen atoms in total. The van der Waals surface area contributed by atoms with Crippen LogP contribution in [-0.4, -0.2) is 50.3 Å². The fourth-order valence-corrected chi connectivity index (χ4v) is 1.83. The van der Waals surface area contributed by atoms with E-state index in [1.807, 2.05) is 5.32 Å². The van der Waals surface area contributed by atoms with Crippen LogP contribution < -0.4 is 15.6 Å². The SMILES string of the molecule is COc1ncc2c(O)c(C(=O)NCC(=O)O)c(=O)n(C)c2n1. The number of fused-ring (bicyclic) bond motifs is 1. The van der Waals surface area contributed by atoms with Crippen molar-refractivity contribution in [1.82, 2.24) is 19.9 Å². The summed E-state index contributed by atoms with van der Waals surface area (Å²) in [6, 6.07) is -0.00928. The number of hydrogen-bond acceptors (Lipinski definition) is 7. The Balaban J connectivity index is 2.64.